The predicted molar refractivity (Wildman–Crippen MR) is 84.7 cm³/mol. The van der Waals surface area contributed by atoms with Gasteiger partial charge in [0.25, 0.3) is 0 Å². The molecule has 22 heavy (non-hydrogen) atoms. The summed E-state index contributed by atoms with van der Waals surface area (Å²) >= 11 is 0. The number of ether oxygens (including phenoxy) is 1. The molecule has 0 spiro atoms. The van der Waals surface area contributed by atoms with Crippen LogP contribution in [-0.4, -0.2) is 41.4 Å². The van der Waals surface area contributed by atoms with Crippen LogP contribution in [0.4, 0.5) is 0 Å². The molecule has 1 aromatic carbocycles. The van der Waals surface area contributed by atoms with Gasteiger partial charge in [0.2, 0.25) is 11.8 Å². The van der Waals surface area contributed by atoms with Gasteiger partial charge in [-0.2, -0.15) is 0 Å². The fourth-order valence-electron chi connectivity index (χ4n) is 2.61. The van der Waals surface area contributed by atoms with E-state index in [1.807, 2.05) is 38.1 Å². The monoisotopic (exact) mass is 304 g/mol. The number of nitrogens with zero attached hydrogens (tertiary/aromatic N) is 1. The van der Waals surface area contributed by atoms with Gasteiger partial charge in [0.1, 0.15) is 11.3 Å². The standard InChI is InChI=1S/C17H24N2O3/c1-12(2)22-14-7-5-6-13(10-14)11-15(20)19-9-8-18-16(21)17(19,3)4/h5-7,10,12H,8-9,11H2,1-4H3,(H,18,21). The number of benzene rings is 1. The van der Waals surface area contributed by atoms with E-state index in [0.29, 0.717) is 13.1 Å². The van der Waals surface area contributed by atoms with Crippen LogP contribution in [-0.2, 0) is 16.0 Å². The number of hydrogen-bond donors (Lipinski definition) is 1. The second kappa shape index (κ2) is 6.38. The summed E-state index contributed by atoms with van der Waals surface area (Å²) in [6.45, 7) is 8.53. The van der Waals surface area contributed by atoms with Crippen LogP contribution < -0.4 is 10.1 Å². The minimum Gasteiger partial charge on any atom is -0.491 e. The molecule has 1 aliphatic rings. The second-order valence-corrected chi connectivity index (χ2v) is 6.35. The average Bonchev–Trinajstić information content (AvgIpc) is 2.41. The molecule has 1 aromatic rings. The highest BCUT2D eigenvalue weighted by molar-refractivity contribution is 5.92. The third kappa shape index (κ3) is 3.59. The zero-order valence-corrected chi connectivity index (χ0v) is 13.7. The normalized spacial score (nSPS) is 17.3. The summed E-state index contributed by atoms with van der Waals surface area (Å²) in [6.07, 6.45) is 0.363. The molecular weight excluding hydrogens is 280 g/mol. The van der Waals surface area contributed by atoms with Gasteiger partial charge in [0.15, 0.2) is 0 Å². The molecular formula is C17H24N2O3. The Labute approximate surface area is 131 Å². The van der Waals surface area contributed by atoms with E-state index in [4.69, 9.17) is 4.74 Å². The molecule has 1 heterocycles. The lowest BCUT2D eigenvalue weighted by Crippen LogP contribution is -2.63. The molecule has 1 fully saturated rings. The smallest absolute Gasteiger partial charge is 0.245 e. The maximum Gasteiger partial charge on any atom is 0.245 e. The van der Waals surface area contributed by atoms with Gasteiger partial charge in [-0.25, -0.2) is 0 Å². The van der Waals surface area contributed by atoms with Crippen molar-refractivity contribution in [2.24, 2.45) is 0 Å². The van der Waals surface area contributed by atoms with Crippen LogP contribution in [0.25, 0.3) is 0 Å². The van der Waals surface area contributed by atoms with E-state index in [2.05, 4.69) is 5.32 Å². The van der Waals surface area contributed by atoms with Gasteiger partial charge in [-0.1, -0.05) is 12.1 Å². The number of carbonyl (C=O) groups excluding carboxylic acids is 2. The van der Waals surface area contributed by atoms with Gasteiger partial charge in [0.05, 0.1) is 12.5 Å². The number of hydrogen-bond acceptors (Lipinski definition) is 3. The molecule has 5 heteroatoms. The lowest BCUT2D eigenvalue weighted by atomic mass is 9.97. The molecule has 5 nitrogen and oxygen atoms in total. The van der Waals surface area contributed by atoms with Crippen molar-refractivity contribution in [3.05, 3.63) is 29.8 Å². The van der Waals surface area contributed by atoms with Crippen LogP contribution >= 0.6 is 0 Å². The molecule has 1 aliphatic heterocycles. The fraction of sp³-hybridized carbons (Fsp3) is 0.529. The number of piperazine rings is 1. The second-order valence-electron chi connectivity index (χ2n) is 6.35. The molecule has 0 aromatic heterocycles. The molecule has 0 radical (unpaired) electrons. The topological polar surface area (TPSA) is 58.6 Å². The van der Waals surface area contributed by atoms with Crippen LogP contribution in [0.2, 0.25) is 0 Å². The van der Waals surface area contributed by atoms with E-state index in [-0.39, 0.29) is 24.3 Å². The maximum atomic E-state index is 12.6. The fourth-order valence-corrected chi connectivity index (χ4v) is 2.61. The Morgan fingerprint density at radius 2 is 2.14 bits per heavy atom. The van der Waals surface area contributed by atoms with Gasteiger partial charge < -0.3 is 15.0 Å². The molecule has 0 unspecified atom stereocenters. The highest BCUT2D eigenvalue weighted by Crippen LogP contribution is 2.21. The van der Waals surface area contributed by atoms with Crippen molar-refractivity contribution >= 4 is 11.8 Å². The molecule has 1 saturated heterocycles. The molecule has 0 atom stereocenters. The lowest BCUT2D eigenvalue weighted by Gasteiger charge is -2.41. The van der Waals surface area contributed by atoms with Crippen molar-refractivity contribution in [1.82, 2.24) is 10.2 Å². The molecule has 0 aliphatic carbocycles. The summed E-state index contributed by atoms with van der Waals surface area (Å²) in [7, 11) is 0. The Bertz CT molecular complexity index is 567. The summed E-state index contributed by atoms with van der Waals surface area (Å²) in [6, 6.07) is 7.55. The molecule has 2 rings (SSSR count). The van der Waals surface area contributed by atoms with E-state index in [0.717, 1.165) is 11.3 Å². The van der Waals surface area contributed by atoms with Crippen LogP contribution in [0, 0.1) is 0 Å². The number of carbonyl (C=O) groups is 2. The van der Waals surface area contributed by atoms with Gasteiger partial charge in [-0.3, -0.25) is 9.59 Å². The van der Waals surface area contributed by atoms with E-state index < -0.39 is 5.54 Å². The Hall–Kier alpha value is -2.04. The van der Waals surface area contributed by atoms with E-state index in [1.54, 1.807) is 18.7 Å². The van der Waals surface area contributed by atoms with E-state index >= 15 is 0 Å². The van der Waals surface area contributed by atoms with Gasteiger partial charge >= 0.3 is 0 Å². The largest absolute Gasteiger partial charge is 0.491 e. The van der Waals surface area contributed by atoms with Crippen LogP contribution in [0.3, 0.4) is 0 Å². The molecule has 0 bridgehead atoms. The SMILES string of the molecule is CC(C)Oc1cccc(CC(=O)N2CCNC(=O)C2(C)C)c1. The molecule has 2 amide bonds. The van der Waals surface area contributed by atoms with E-state index in [9.17, 15) is 9.59 Å². The van der Waals surface area contributed by atoms with Gasteiger partial charge in [-0.05, 0) is 45.4 Å². The number of rotatable bonds is 4. The van der Waals surface area contributed by atoms with Crippen molar-refractivity contribution in [2.45, 2.75) is 45.8 Å². The van der Waals surface area contributed by atoms with Crippen molar-refractivity contribution in [2.75, 3.05) is 13.1 Å². The summed E-state index contributed by atoms with van der Waals surface area (Å²) in [5, 5.41) is 2.80. The quantitative estimate of drug-likeness (QED) is 0.922. The minimum atomic E-state index is -0.804. The van der Waals surface area contributed by atoms with Crippen molar-refractivity contribution in [1.29, 1.82) is 0 Å². The Morgan fingerprint density at radius 1 is 1.41 bits per heavy atom. The van der Waals surface area contributed by atoms with E-state index in [1.165, 1.54) is 0 Å². The Balaban J connectivity index is 2.10. The zero-order valence-electron chi connectivity index (χ0n) is 13.7. The predicted octanol–water partition coefficient (Wildman–Crippen LogP) is 1.75. The molecule has 120 valence electrons. The first-order chi connectivity index (χ1) is 10.3. The van der Waals surface area contributed by atoms with Crippen molar-refractivity contribution < 1.29 is 14.3 Å². The van der Waals surface area contributed by atoms with Crippen molar-refractivity contribution in [3.63, 3.8) is 0 Å². The Morgan fingerprint density at radius 3 is 2.82 bits per heavy atom. The minimum absolute atomic E-state index is 0.0402. The lowest BCUT2D eigenvalue weighted by molar-refractivity contribution is -0.148. The molecule has 0 saturated carbocycles. The summed E-state index contributed by atoms with van der Waals surface area (Å²) in [5.41, 5.74) is 0.0893. The number of amides is 2. The highest BCUT2D eigenvalue weighted by atomic mass is 16.5. The summed E-state index contributed by atoms with van der Waals surface area (Å²) in [4.78, 5) is 26.2. The Kier molecular flexibility index (Phi) is 4.74. The first-order valence-electron chi connectivity index (χ1n) is 7.65. The third-order valence-electron chi connectivity index (χ3n) is 3.78. The first kappa shape index (κ1) is 16.3. The highest BCUT2D eigenvalue weighted by Gasteiger charge is 2.40. The molecule has 1 N–H and O–H groups in total. The third-order valence-corrected chi connectivity index (χ3v) is 3.78. The zero-order chi connectivity index (χ0) is 16.3. The average molecular weight is 304 g/mol. The van der Waals surface area contributed by atoms with Crippen LogP contribution in [0.5, 0.6) is 5.75 Å². The number of nitrogens with one attached hydrogen (secondary N) is 1. The van der Waals surface area contributed by atoms with Crippen LogP contribution in [0.15, 0.2) is 24.3 Å². The maximum absolute atomic E-state index is 12.6. The van der Waals surface area contributed by atoms with Crippen molar-refractivity contribution in [3.8, 4) is 5.75 Å². The van der Waals surface area contributed by atoms with Gasteiger partial charge in [0, 0.05) is 13.1 Å². The van der Waals surface area contributed by atoms with Crippen LogP contribution in [0.1, 0.15) is 33.3 Å². The van der Waals surface area contributed by atoms with Gasteiger partial charge in [-0.15, -0.1) is 0 Å². The summed E-state index contributed by atoms with van der Waals surface area (Å²) < 4.78 is 5.65. The summed E-state index contributed by atoms with van der Waals surface area (Å²) in [5.74, 6) is 0.612. The first-order valence-corrected chi connectivity index (χ1v) is 7.65.